The first-order valence-electron chi connectivity index (χ1n) is 9.82. The Kier molecular flexibility index (Phi) is 7.22. The average Bonchev–Trinajstić information content (AvgIpc) is 3.01. The topological polar surface area (TPSA) is 87.8 Å². The zero-order chi connectivity index (χ0) is 20.7. The van der Waals surface area contributed by atoms with Crippen molar-refractivity contribution in [2.45, 2.75) is 43.7 Å². The number of likely N-dealkylation sites (tertiary alicyclic amines) is 1. The Labute approximate surface area is 171 Å². The van der Waals surface area contributed by atoms with Gasteiger partial charge in [-0.15, -0.1) is 0 Å². The Morgan fingerprint density at radius 2 is 1.72 bits per heavy atom. The molecule has 3 rings (SSSR count). The molecule has 0 saturated carbocycles. The number of hydrogen-bond donors (Lipinski definition) is 2. The lowest BCUT2D eigenvalue weighted by Gasteiger charge is -2.21. The first kappa shape index (κ1) is 21.3. The fraction of sp³-hybridized carbons (Fsp3) is 0.381. The van der Waals surface area contributed by atoms with Gasteiger partial charge in [0, 0.05) is 19.6 Å². The smallest absolute Gasteiger partial charge is 0.240 e. The van der Waals surface area contributed by atoms with E-state index in [4.69, 9.17) is 5.73 Å². The minimum atomic E-state index is -3.72. The molecule has 0 aliphatic carbocycles. The van der Waals surface area contributed by atoms with Crippen molar-refractivity contribution in [1.82, 2.24) is 9.62 Å². The first-order valence-corrected chi connectivity index (χ1v) is 11.3. The van der Waals surface area contributed by atoms with Gasteiger partial charge in [0.15, 0.2) is 5.96 Å². The molecule has 0 amide bonds. The summed E-state index contributed by atoms with van der Waals surface area (Å²) in [4.78, 5) is 6.69. The van der Waals surface area contributed by atoms with E-state index in [1.807, 2.05) is 6.07 Å². The van der Waals surface area contributed by atoms with Crippen LogP contribution in [0.1, 0.15) is 36.8 Å². The van der Waals surface area contributed by atoms with Crippen LogP contribution >= 0.6 is 0 Å². The molecular formula is C21H27FN4O2S. The number of guanidine groups is 1. The maximum Gasteiger partial charge on any atom is 0.240 e. The average molecular weight is 419 g/mol. The van der Waals surface area contributed by atoms with E-state index in [0.29, 0.717) is 18.1 Å². The summed E-state index contributed by atoms with van der Waals surface area (Å²) in [5.41, 5.74) is 7.44. The Balaban J connectivity index is 1.65. The molecule has 156 valence electrons. The summed E-state index contributed by atoms with van der Waals surface area (Å²) in [7, 11) is -3.72. The highest BCUT2D eigenvalue weighted by Gasteiger charge is 2.15. The molecule has 1 aliphatic rings. The molecule has 0 atom stereocenters. The monoisotopic (exact) mass is 418 g/mol. The van der Waals surface area contributed by atoms with Gasteiger partial charge in [0.05, 0.1) is 11.4 Å². The van der Waals surface area contributed by atoms with E-state index in [-0.39, 0.29) is 11.4 Å². The summed E-state index contributed by atoms with van der Waals surface area (Å²) >= 11 is 0. The van der Waals surface area contributed by atoms with Gasteiger partial charge in [-0.05, 0) is 48.2 Å². The predicted octanol–water partition coefficient (Wildman–Crippen LogP) is 2.99. The van der Waals surface area contributed by atoms with Crippen LogP contribution in [0.15, 0.2) is 58.4 Å². The van der Waals surface area contributed by atoms with Gasteiger partial charge in [-0.2, -0.15) is 0 Å². The largest absolute Gasteiger partial charge is 0.370 e. The van der Waals surface area contributed by atoms with Crippen molar-refractivity contribution in [1.29, 1.82) is 0 Å². The van der Waals surface area contributed by atoms with Crippen LogP contribution in [0.4, 0.5) is 4.39 Å². The molecule has 1 heterocycles. The normalized spacial score (nSPS) is 15.9. The molecule has 1 saturated heterocycles. The highest BCUT2D eigenvalue weighted by molar-refractivity contribution is 7.89. The Hall–Kier alpha value is -2.45. The van der Waals surface area contributed by atoms with Crippen LogP contribution in [0.5, 0.6) is 0 Å². The van der Waals surface area contributed by atoms with Crippen molar-refractivity contribution in [3.8, 4) is 0 Å². The molecule has 0 aromatic heterocycles. The van der Waals surface area contributed by atoms with Crippen LogP contribution in [-0.2, 0) is 23.1 Å². The van der Waals surface area contributed by atoms with Gasteiger partial charge in [-0.25, -0.2) is 22.5 Å². The van der Waals surface area contributed by atoms with Crippen molar-refractivity contribution < 1.29 is 12.8 Å². The molecule has 0 radical (unpaired) electrons. The molecule has 6 nitrogen and oxygen atoms in total. The molecule has 1 fully saturated rings. The number of nitrogens with zero attached hydrogens (tertiary/aromatic N) is 2. The summed E-state index contributed by atoms with van der Waals surface area (Å²) in [6.45, 7) is 2.15. The second kappa shape index (κ2) is 9.84. The van der Waals surface area contributed by atoms with Gasteiger partial charge in [0.2, 0.25) is 10.0 Å². The SMILES string of the molecule is NC(=NCc1cccc(S(=O)(=O)NCc2cccc(F)c2)c1)N1CCCCCC1. The van der Waals surface area contributed by atoms with E-state index in [0.717, 1.165) is 31.5 Å². The third kappa shape index (κ3) is 6.27. The number of aliphatic imine (C=N–C) groups is 1. The molecular weight excluding hydrogens is 391 g/mol. The molecule has 0 unspecified atom stereocenters. The lowest BCUT2D eigenvalue weighted by molar-refractivity contribution is 0.428. The minimum absolute atomic E-state index is 0.0182. The van der Waals surface area contributed by atoms with Crippen molar-refractivity contribution in [3.05, 3.63) is 65.5 Å². The highest BCUT2D eigenvalue weighted by Crippen LogP contribution is 2.14. The minimum Gasteiger partial charge on any atom is -0.370 e. The zero-order valence-corrected chi connectivity index (χ0v) is 17.2. The maximum absolute atomic E-state index is 13.3. The summed E-state index contributed by atoms with van der Waals surface area (Å²) < 4.78 is 41.0. The van der Waals surface area contributed by atoms with Crippen LogP contribution in [0.25, 0.3) is 0 Å². The van der Waals surface area contributed by atoms with E-state index in [1.165, 1.54) is 31.0 Å². The molecule has 2 aromatic carbocycles. The number of halogens is 1. The maximum atomic E-state index is 13.3. The van der Waals surface area contributed by atoms with Crippen LogP contribution in [0.3, 0.4) is 0 Å². The van der Waals surface area contributed by atoms with Crippen LogP contribution < -0.4 is 10.5 Å². The Morgan fingerprint density at radius 1 is 1.03 bits per heavy atom. The van der Waals surface area contributed by atoms with Crippen molar-refractivity contribution in [2.24, 2.45) is 10.7 Å². The van der Waals surface area contributed by atoms with E-state index < -0.39 is 15.8 Å². The fourth-order valence-corrected chi connectivity index (χ4v) is 4.38. The third-order valence-corrected chi connectivity index (χ3v) is 6.32. The molecule has 0 spiro atoms. The van der Waals surface area contributed by atoms with Gasteiger partial charge in [0.1, 0.15) is 5.82 Å². The number of benzene rings is 2. The summed E-state index contributed by atoms with van der Waals surface area (Å²) in [6.07, 6.45) is 4.65. The second-order valence-electron chi connectivity index (χ2n) is 7.18. The number of sulfonamides is 1. The van der Waals surface area contributed by atoms with E-state index in [1.54, 1.807) is 24.3 Å². The number of rotatable bonds is 6. The number of hydrogen-bond acceptors (Lipinski definition) is 3. The number of nitrogens with one attached hydrogen (secondary N) is 1. The zero-order valence-electron chi connectivity index (χ0n) is 16.4. The van der Waals surface area contributed by atoms with E-state index >= 15 is 0 Å². The van der Waals surface area contributed by atoms with Gasteiger partial charge in [-0.1, -0.05) is 37.1 Å². The predicted molar refractivity (Wildman–Crippen MR) is 112 cm³/mol. The molecule has 0 bridgehead atoms. The van der Waals surface area contributed by atoms with E-state index in [2.05, 4.69) is 14.6 Å². The lowest BCUT2D eigenvalue weighted by Crippen LogP contribution is -2.38. The molecule has 3 N–H and O–H groups in total. The molecule has 1 aliphatic heterocycles. The fourth-order valence-electron chi connectivity index (χ4n) is 3.29. The highest BCUT2D eigenvalue weighted by atomic mass is 32.2. The first-order chi connectivity index (χ1) is 13.9. The standard InChI is InChI=1S/C21H27FN4O2S/c22-19-9-5-7-17(13-19)16-25-29(27,28)20-10-6-8-18(14-20)15-24-21(23)26-11-3-1-2-4-12-26/h5-10,13-14,25H,1-4,11-12,15-16H2,(H2,23,24). The quantitative estimate of drug-likeness (QED) is 0.558. The van der Waals surface area contributed by atoms with E-state index in [9.17, 15) is 12.8 Å². The van der Waals surface area contributed by atoms with Crippen molar-refractivity contribution >= 4 is 16.0 Å². The number of nitrogens with two attached hydrogens (primary N) is 1. The Morgan fingerprint density at radius 3 is 2.45 bits per heavy atom. The van der Waals surface area contributed by atoms with Gasteiger partial charge in [0.25, 0.3) is 0 Å². The summed E-state index contributed by atoms with van der Waals surface area (Å²) in [5, 5.41) is 0. The van der Waals surface area contributed by atoms with Crippen molar-refractivity contribution in [3.63, 3.8) is 0 Å². The van der Waals surface area contributed by atoms with Crippen molar-refractivity contribution in [2.75, 3.05) is 13.1 Å². The van der Waals surface area contributed by atoms with Crippen LogP contribution in [0, 0.1) is 5.82 Å². The van der Waals surface area contributed by atoms with Crippen LogP contribution in [-0.4, -0.2) is 32.4 Å². The Bertz CT molecular complexity index is 955. The molecule has 2 aromatic rings. The third-order valence-electron chi connectivity index (χ3n) is 4.92. The summed E-state index contributed by atoms with van der Waals surface area (Å²) in [6, 6.07) is 12.5. The molecule has 8 heteroatoms. The summed E-state index contributed by atoms with van der Waals surface area (Å²) in [5.74, 6) is 0.105. The van der Waals surface area contributed by atoms with Gasteiger partial charge >= 0.3 is 0 Å². The van der Waals surface area contributed by atoms with Crippen LogP contribution in [0.2, 0.25) is 0 Å². The second-order valence-corrected chi connectivity index (χ2v) is 8.94. The van der Waals surface area contributed by atoms with Gasteiger partial charge < -0.3 is 10.6 Å². The van der Waals surface area contributed by atoms with Gasteiger partial charge in [-0.3, -0.25) is 0 Å². The lowest BCUT2D eigenvalue weighted by atomic mass is 10.2. The molecule has 29 heavy (non-hydrogen) atoms.